The molecule has 4 nitrogen and oxygen atoms in total. The number of amides is 1. The molecule has 3 aromatic rings. The highest BCUT2D eigenvalue weighted by atomic mass is 19.1. The molecule has 1 amide bonds. The summed E-state index contributed by atoms with van der Waals surface area (Å²) < 4.78 is 27.0. The molecule has 0 aliphatic carbocycles. The molecule has 0 fully saturated rings. The van der Waals surface area contributed by atoms with Crippen molar-refractivity contribution in [2.24, 2.45) is 5.10 Å². The first-order chi connectivity index (χ1) is 12.9. The Hall–Kier alpha value is -3.54. The standard InChI is InChI=1S/C21H16F2N2O2/c1-13-2-4-14(5-3-13)12-24-25-21(27)18-10-15(6-9-20(18)26)17-8-7-16(22)11-19(17)23/h2-12,26H,1H3,(H,25,27)/b24-12+. The van der Waals surface area contributed by atoms with Gasteiger partial charge in [0.2, 0.25) is 0 Å². The van der Waals surface area contributed by atoms with Crippen molar-refractivity contribution in [1.82, 2.24) is 5.43 Å². The highest BCUT2D eigenvalue weighted by Crippen LogP contribution is 2.28. The molecule has 0 aliphatic rings. The largest absolute Gasteiger partial charge is 0.507 e. The average molecular weight is 366 g/mol. The normalized spacial score (nSPS) is 10.9. The van der Waals surface area contributed by atoms with E-state index in [1.807, 2.05) is 31.2 Å². The fraction of sp³-hybridized carbons (Fsp3) is 0.0476. The maximum Gasteiger partial charge on any atom is 0.275 e. The van der Waals surface area contributed by atoms with E-state index in [1.54, 1.807) is 0 Å². The van der Waals surface area contributed by atoms with Crippen LogP contribution in [0.15, 0.2) is 65.8 Å². The van der Waals surface area contributed by atoms with Gasteiger partial charge in [-0.2, -0.15) is 5.10 Å². The Balaban J connectivity index is 1.81. The molecule has 0 spiro atoms. The molecule has 0 unspecified atom stereocenters. The third-order valence-corrected chi connectivity index (χ3v) is 3.94. The predicted octanol–water partition coefficient (Wildman–Crippen LogP) is 4.41. The lowest BCUT2D eigenvalue weighted by molar-refractivity contribution is 0.0952. The molecule has 27 heavy (non-hydrogen) atoms. The van der Waals surface area contributed by atoms with Gasteiger partial charge in [-0.3, -0.25) is 4.79 Å². The number of nitrogens with one attached hydrogen (secondary N) is 1. The van der Waals surface area contributed by atoms with Crippen LogP contribution in [0.25, 0.3) is 11.1 Å². The van der Waals surface area contributed by atoms with E-state index >= 15 is 0 Å². The van der Waals surface area contributed by atoms with Crippen LogP contribution >= 0.6 is 0 Å². The zero-order chi connectivity index (χ0) is 19.4. The molecule has 3 aromatic carbocycles. The summed E-state index contributed by atoms with van der Waals surface area (Å²) in [6, 6.07) is 14.7. The van der Waals surface area contributed by atoms with Crippen LogP contribution in [0.4, 0.5) is 8.78 Å². The summed E-state index contributed by atoms with van der Waals surface area (Å²) in [6.45, 7) is 1.96. The van der Waals surface area contributed by atoms with Gasteiger partial charge >= 0.3 is 0 Å². The van der Waals surface area contributed by atoms with Crippen molar-refractivity contribution in [3.8, 4) is 16.9 Å². The number of carbonyl (C=O) groups is 1. The molecule has 0 atom stereocenters. The number of halogens is 2. The van der Waals surface area contributed by atoms with Crippen molar-refractivity contribution >= 4 is 12.1 Å². The molecule has 2 N–H and O–H groups in total. The minimum Gasteiger partial charge on any atom is -0.507 e. The first kappa shape index (κ1) is 18.3. The Bertz CT molecular complexity index is 1020. The average Bonchev–Trinajstić information content (AvgIpc) is 2.64. The molecule has 0 saturated carbocycles. The summed E-state index contributed by atoms with van der Waals surface area (Å²) in [5.41, 5.74) is 4.60. The van der Waals surface area contributed by atoms with E-state index < -0.39 is 17.5 Å². The second-order valence-electron chi connectivity index (χ2n) is 5.97. The third-order valence-electron chi connectivity index (χ3n) is 3.94. The van der Waals surface area contributed by atoms with Gasteiger partial charge in [0.15, 0.2) is 0 Å². The van der Waals surface area contributed by atoms with Gasteiger partial charge in [0.1, 0.15) is 17.4 Å². The van der Waals surface area contributed by atoms with Crippen LogP contribution in [0.1, 0.15) is 21.5 Å². The van der Waals surface area contributed by atoms with Crippen LogP contribution < -0.4 is 5.43 Å². The van der Waals surface area contributed by atoms with E-state index in [4.69, 9.17) is 0 Å². The Labute approximate surface area is 154 Å². The molecule has 6 heteroatoms. The number of phenols is 1. The Morgan fingerprint density at radius 3 is 2.48 bits per heavy atom. The molecule has 136 valence electrons. The number of hydrogen-bond acceptors (Lipinski definition) is 3. The quantitative estimate of drug-likeness (QED) is 0.531. The van der Waals surface area contributed by atoms with Crippen molar-refractivity contribution < 1.29 is 18.7 Å². The molecule has 0 bridgehead atoms. The van der Waals surface area contributed by atoms with Crippen molar-refractivity contribution in [2.75, 3.05) is 0 Å². The van der Waals surface area contributed by atoms with Crippen molar-refractivity contribution in [3.63, 3.8) is 0 Å². The Kier molecular flexibility index (Phi) is 5.26. The van der Waals surface area contributed by atoms with E-state index in [9.17, 15) is 18.7 Å². The van der Waals surface area contributed by atoms with Crippen molar-refractivity contribution in [2.45, 2.75) is 6.92 Å². The first-order valence-electron chi connectivity index (χ1n) is 8.12. The van der Waals surface area contributed by atoms with Gasteiger partial charge in [0, 0.05) is 11.6 Å². The number of benzene rings is 3. The minimum atomic E-state index is -0.760. The van der Waals surface area contributed by atoms with Gasteiger partial charge in [-0.15, -0.1) is 0 Å². The lowest BCUT2D eigenvalue weighted by Gasteiger charge is -2.08. The maximum atomic E-state index is 14.0. The molecule has 0 aromatic heterocycles. The lowest BCUT2D eigenvalue weighted by Crippen LogP contribution is -2.17. The molecule has 3 rings (SSSR count). The number of phenolic OH excluding ortho intramolecular Hbond substituents is 1. The SMILES string of the molecule is Cc1ccc(/C=N/NC(=O)c2cc(-c3ccc(F)cc3F)ccc2O)cc1. The van der Waals surface area contributed by atoms with Gasteiger partial charge < -0.3 is 5.11 Å². The van der Waals surface area contributed by atoms with Crippen LogP contribution in [0, 0.1) is 18.6 Å². The minimum absolute atomic E-state index is 0.0720. The van der Waals surface area contributed by atoms with Gasteiger partial charge in [-0.05, 0) is 42.3 Å². The Morgan fingerprint density at radius 2 is 1.78 bits per heavy atom. The van der Waals surface area contributed by atoms with Gasteiger partial charge in [-0.1, -0.05) is 35.9 Å². The summed E-state index contributed by atoms with van der Waals surface area (Å²) >= 11 is 0. The van der Waals surface area contributed by atoms with Crippen LogP contribution in [0.2, 0.25) is 0 Å². The van der Waals surface area contributed by atoms with Crippen LogP contribution in [-0.2, 0) is 0 Å². The number of hydrogen-bond donors (Lipinski definition) is 2. The number of aromatic hydroxyl groups is 1. The summed E-state index contributed by atoms with van der Waals surface area (Å²) in [7, 11) is 0. The topological polar surface area (TPSA) is 61.7 Å². The van der Waals surface area contributed by atoms with Crippen molar-refractivity contribution in [1.29, 1.82) is 0 Å². The first-order valence-corrected chi connectivity index (χ1v) is 8.12. The number of rotatable bonds is 4. The van der Waals surface area contributed by atoms with Gasteiger partial charge in [0.05, 0.1) is 11.8 Å². The summed E-state index contributed by atoms with van der Waals surface area (Å²) in [5.74, 6) is -2.38. The fourth-order valence-electron chi connectivity index (χ4n) is 2.49. The third kappa shape index (κ3) is 4.36. The highest BCUT2D eigenvalue weighted by molar-refractivity contribution is 5.98. The van der Waals surface area contributed by atoms with E-state index in [-0.39, 0.29) is 16.9 Å². The number of nitrogens with zero attached hydrogens (tertiary/aromatic N) is 1. The van der Waals surface area contributed by atoms with Crippen LogP contribution in [0.5, 0.6) is 5.75 Å². The zero-order valence-corrected chi connectivity index (χ0v) is 14.4. The number of aryl methyl sites for hydroxylation is 1. The van der Waals surface area contributed by atoms with Gasteiger partial charge in [0.25, 0.3) is 5.91 Å². The smallest absolute Gasteiger partial charge is 0.275 e. The second kappa shape index (κ2) is 7.78. The van der Waals surface area contributed by atoms with Crippen LogP contribution in [0.3, 0.4) is 0 Å². The molecule has 0 aliphatic heterocycles. The molecule has 0 saturated heterocycles. The molecule has 0 radical (unpaired) electrons. The van der Waals surface area contributed by atoms with E-state index in [0.29, 0.717) is 5.56 Å². The monoisotopic (exact) mass is 366 g/mol. The molecular formula is C21H16F2N2O2. The fourth-order valence-corrected chi connectivity index (χ4v) is 2.49. The van der Waals surface area contributed by atoms with Gasteiger partial charge in [-0.25, -0.2) is 14.2 Å². The van der Waals surface area contributed by atoms with E-state index in [0.717, 1.165) is 23.3 Å². The Morgan fingerprint density at radius 1 is 1.04 bits per heavy atom. The number of carbonyl (C=O) groups excluding carboxylic acids is 1. The zero-order valence-electron chi connectivity index (χ0n) is 14.4. The predicted molar refractivity (Wildman–Crippen MR) is 99.7 cm³/mol. The van der Waals surface area contributed by atoms with Crippen LogP contribution in [-0.4, -0.2) is 17.2 Å². The van der Waals surface area contributed by atoms with E-state index in [1.165, 1.54) is 30.5 Å². The maximum absolute atomic E-state index is 14.0. The number of hydrazone groups is 1. The van der Waals surface area contributed by atoms with Crippen molar-refractivity contribution in [3.05, 3.63) is 89.0 Å². The molecule has 0 heterocycles. The summed E-state index contributed by atoms with van der Waals surface area (Å²) in [5, 5.41) is 13.8. The second-order valence-corrected chi connectivity index (χ2v) is 5.97. The molecular weight excluding hydrogens is 350 g/mol. The highest BCUT2D eigenvalue weighted by Gasteiger charge is 2.14. The summed E-state index contributed by atoms with van der Waals surface area (Å²) in [4.78, 5) is 12.3. The van der Waals surface area contributed by atoms with E-state index in [2.05, 4.69) is 10.5 Å². The summed E-state index contributed by atoms with van der Waals surface area (Å²) in [6.07, 6.45) is 1.47. The lowest BCUT2D eigenvalue weighted by atomic mass is 10.0.